The number of aromatic nitrogens is 2. The van der Waals surface area contributed by atoms with Gasteiger partial charge in [0.05, 0.1) is 16.0 Å². The predicted molar refractivity (Wildman–Crippen MR) is 151 cm³/mol. The fourth-order valence-electron chi connectivity index (χ4n) is 3.67. The van der Waals surface area contributed by atoms with E-state index in [0.717, 1.165) is 37.3 Å². The molecule has 0 saturated carbocycles. The van der Waals surface area contributed by atoms with Crippen LogP contribution in [0.5, 0.6) is 0 Å². The molecule has 9 nitrogen and oxygen atoms in total. The van der Waals surface area contributed by atoms with Crippen LogP contribution in [0.1, 0.15) is 32.0 Å². The highest BCUT2D eigenvalue weighted by Gasteiger charge is 2.18. The van der Waals surface area contributed by atoms with E-state index in [2.05, 4.69) is 45.3 Å². The second-order valence-electron chi connectivity index (χ2n) is 8.89. The van der Waals surface area contributed by atoms with E-state index in [4.69, 9.17) is 11.6 Å². The Morgan fingerprint density at radius 1 is 1.03 bits per heavy atom. The van der Waals surface area contributed by atoms with Gasteiger partial charge in [-0.05, 0) is 81.6 Å². The van der Waals surface area contributed by atoms with E-state index in [-0.39, 0.29) is 11.8 Å². The summed E-state index contributed by atoms with van der Waals surface area (Å²) >= 11 is 7.20. The Morgan fingerprint density at radius 2 is 1.76 bits per heavy atom. The van der Waals surface area contributed by atoms with Crippen LogP contribution in [0, 0.1) is 0 Å². The number of aromatic amines is 1. The molecule has 0 aliphatic carbocycles. The number of fused-ring (bicyclic) bond motifs is 1. The smallest absolute Gasteiger partial charge is 0.279 e. The number of amides is 2. The number of carbonyl (C=O) groups is 2. The molecule has 0 unspecified atom stereocenters. The van der Waals surface area contributed by atoms with Crippen molar-refractivity contribution in [2.75, 3.05) is 44.6 Å². The number of hydrogen-bond donors (Lipinski definition) is 4. The van der Waals surface area contributed by atoms with Gasteiger partial charge in [-0.3, -0.25) is 25.1 Å². The Bertz CT molecular complexity index is 1350. The monoisotopic (exact) mass is 539 g/mol. The molecule has 4 aromatic rings. The molecule has 0 spiro atoms. The van der Waals surface area contributed by atoms with E-state index in [1.54, 1.807) is 42.4 Å². The molecule has 194 valence electrons. The van der Waals surface area contributed by atoms with Crippen molar-refractivity contribution in [1.29, 1.82) is 0 Å². The van der Waals surface area contributed by atoms with Crippen LogP contribution in [-0.2, 0) is 6.54 Å². The number of anilines is 2. The zero-order chi connectivity index (χ0) is 26.4. The fourth-order valence-corrected chi connectivity index (χ4v) is 4.69. The van der Waals surface area contributed by atoms with Crippen LogP contribution in [0.3, 0.4) is 0 Å². The third-order valence-corrected chi connectivity index (χ3v) is 6.99. The van der Waals surface area contributed by atoms with Gasteiger partial charge in [0, 0.05) is 24.2 Å². The average Bonchev–Trinajstić information content (AvgIpc) is 3.46. The summed E-state index contributed by atoms with van der Waals surface area (Å²) in [5.74, 6) is -0.151. The van der Waals surface area contributed by atoms with E-state index >= 15 is 0 Å². The van der Waals surface area contributed by atoms with Gasteiger partial charge < -0.3 is 15.5 Å². The van der Waals surface area contributed by atoms with Crippen molar-refractivity contribution >= 4 is 56.5 Å². The Balaban J connectivity index is 1.34. The highest BCUT2D eigenvalue weighted by Crippen LogP contribution is 2.29. The molecule has 37 heavy (non-hydrogen) atoms. The summed E-state index contributed by atoms with van der Waals surface area (Å²) in [5, 5.41) is 16.3. The number of hydrazine groups is 1. The van der Waals surface area contributed by atoms with E-state index in [9.17, 15) is 9.59 Å². The highest BCUT2D eigenvalue weighted by atomic mass is 35.5. The maximum atomic E-state index is 12.8. The Kier molecular flexibility index (Phi) is 8.78. The topological polar surface area (TPSA) is 105 Å². The lowest BCUT2D eigenvalue weighted by atomic mass is 10.1. The second kappa shape index (κ2) is 12.2. The van der Waals surface area contributed by atoms with Gasteiger partial charge in [0.15, 0.2) is 5.82 Å². The summed E-state index contributed by atoms with van der Waals surface area (Å²) in [6.45, 7) is 2.74. The number of thiophene rings is 1. The standard InChI is InChI=1S/C26H30ClN7O2S/c1-33(2)14-4-13-28-16-17-5-7-18(8-6-17)24(35)29-23-21-15-22(37-26(21)31-30-23)25(36)32-34(3)20-11-9-19(27)10-12-20/h5-12,15,28H,4,13-14,16H2,1-3H3,(H,32,36)(H2,29,30,31,35). The Hall–Kier alpha value is -3.44. The van der Waals surface area contributed by atoms with Gasteiger partial charge in [-0.2, -0.15) is 5.10 Å². The number of nitrogens with one attached hydrogen (secondary N) is 4. The Labute approximate surface area is 224 Å². The molecule has 0 bridgehead atoms. The number of carbonyl (C=O) groups excluding carboxylic acids is 2. The largest absolute Gasteiger partial charge is 0.313 e. The van der Waals surface area contributed by atoms with Crippen molar-refractivity contribution in [2.45, 2.75) is 13.0 Å². The lowest BCUT2D eigenvalue weighted by Crippen LogP contribution is -2.38. The predicted octanol–water partition coefficient (Wildman–Crippen LogP) is 4.35. The average molecular weight is 540 g/mol. The molecule has 0 atom stereocenters. The molecule has 0 aliphatic heterocycles. The number of nitrogens with zero attached hydrogens (tertiary/aromatic N) is 3. The lowest BCUT2D eigenvalue weighted by Gasteiger charge is -2.19. The van der Waals surface area contributed by atoms with Crippen molar-refractivity contribution in [2.24, 2.45) is 0 Å². The first-order valence-electron chi connectivity index (χ1n) is 11.8. The van der Waals surface area contributed by atoms with Crippen LogP contribution in [-0.4, -0.2) is 61.1 Å². The molecular formula is C26H30ClN7O2S. The summed E-state index contributed by atoms with van der Waals surface area (Å²) in [6.07, 6.45) is 1.08. The number of halogens is 1. The van der Waals surface area contributed by atoms with Crippen molar-refractivity contribution in [1.82, 2.24) is 25.8 Å². The van der Waals surface area contributed by atoms with E-state index in [1.165, 1.54) is 11.3 Å². The van der Waals surface area contributed by atoms with Crippen LogP contribution >= 0.6 is 22.9 Å². The Morgan fingerprint density at radius 3 is 2.46 bits per heavy atom. The zero-order valence-corrected chi connectivity index (χ0v) is 22.5. The summed E-state index contributed by atoms with van der Waals surface area (Å²) in [4.78, 5) is 29.0. The molecule has 2 aromatic carbocycles. The first-order valence-corrected chi connectivity index (χ1v) is 13.0. The SMILES string of the molecule is CN(C)CCCNCc1ccc(C(=O)Nc2n[nH]c3sc(C(=O)NN(C)c4ccc(Cl)cc4)cc23)cc1. The van der Waals surface area contributed by atoms with E-state index in [1.807, 2.05) is 24.3 Å². The molecule has 11 heteroatoms. The summed E-state index contributed by atoms with van der Waals surface area (Å²) in [7, 11) is 5.88. The van der Waals surface area contributed by atoms with Crippen LogP contribution < -0.4 is 21.1 Å². The number of benzene rings is 2. The molecule has 4 N–H and O–H groups in total. The molecule has 2 amide bonds. The van der Waals surface area contributed by atoms with Gasteiger partial charge >= 0.3 is 0 Å². The molecule has 4 rings (SSSR count). The van der Waals surface area contributed by atoms with Gasteiger partial charge in [0.25, 0.3) is 11.8 Å². The van der Waals surface area contributed by atoms with Gasteiger partial charge in [0.2, 0.25) is 0 Å². The van der Waals surface area contributed by atoms with E-state index < -0.39 is 0 Å². The van der Waals surface area contributed by atoms with Crippen LogP contribution in [0.15, 0.2) is 54.6 Å². The van der Waals surface area contributed by atoms with Crippen molar-refractivity contribution < 1.29 is 9.59 Å². The third-order valence-electron chi connectivity index (χ3n) is 5.70. The molecular weight excluding hydrogens is 510 g/mol. The lowest BCUT2D eigenvalue weighted by molar-refractivity contribution is 0.0954. The summed E-state index contributed by atoms with van der Waals surface area (Å²) in [6, 6.07) is 16.3. The molecule has 2 aromatic heterocycles. The molecule has 2 heterocycles. The molecule has 0 radical (unpaired) electrons. The van der Waals surface area contributed by atoms with Crippen LogP contribution in [0.25, 0.3) is 10.2 Å². The summed E-state index contributed by atoms with van der Waals surface area (Å²) < 4.78 is 0. The number of H-pyrrole nitrogens is 1. The molecule has 0 saturated heterocycles. The third kappa shape index (κ3) is 7.07. The van der Waals surface area contributed by atoms with Crippen molar-refractivity contribution in [3.05, 3.63) is 75.6 Å². The second-order valence-corrected chi connectivity index (χ2v) is 10.4. The maximum absolute atomic E-state index is 12.8. The fraction of sp³-hybridized carbons (Fsp3) is 0.269. The minimum atomic E-state index is -0.268. The first kappa shape index (κ1) is 26.6. The van der Waals surface area contributed by atoms with Crippen molar-refractivity contribution in [3.8, 4) is 0 Å². The quantitative estimate of drug-likeness (QED) is 0.167. The van der Waals surface area contributed by atoms with Crippen molar-refractivity contribution in [3.63, 3.8) is 0 Å². The molecule has 0 fully saturated rings. The number of hydrogen-bond acceptors (Lipinski definition) is 7. The van der Waals surface area contributed by atoms with Gasteiger partial charge in [0.1, 0.15) is 4.83 Å². The minimum Gasteiger partial charge on any atom is -0.313 e. The van der Waals surface area contributed by atoms with Crippen LogP contribution in [0.4, 0.5) is 11.5 Å². The maximum Gasteiger partial charge on any atom is 0.279 e. The summed E-state index contributed by atoms with van der Waals surface area (Å²) in [5.41, 5.74) is 5.27. The normalized spacial score (nSPS) is 11.2. The van der Waals surface area contributed by atoms with Gasteiger partial charge in [-0.1, -0.05) is 23.7 Å². The minimum absolute atomic E-state index is 0.265. The van der Waals surface area contributed by atoms with Gasteiger partial charge in [-0.25, -0.2) is 0 Å². The molecule has 0 aliphatic rings. The first-order chi connectivity index (χ1) is 17.8. The van der Waals surface area contributed by atoms with Gasteiger partial charge in [-0.15, -0.1) is 11.3 Å². The highest BCUT2D eigenvalue weighted by molar-refractivity contribution is 7.20. The number of rotatable bonds is 11. The van der Waals surface area contributed by atoms with E-state index in [0.29, 0.717) is 31.5 Å². The zero-order valence-electron chi connectivity index (χ0n) is 21.0. The van der Waals surface area contributed by atoms with Crippen LogP contribution in [0.2, 0.25) is 5.02 Å².